The van der Waals surface area contributed by atoms with Gasteiger partial charge >= 0.3 is 0 Å². The van der Waals surface area contributed by atoms with Crippen LogP contribution in [0.5, 0.6) is 5.75 Å². The van der Waals surface area contributed by atoms with Crippen molar-refractivity contribution in [1.29, 1.82) is 0 Å². The SMILES string of the molecule is O=C(NN1CC2CCCC2C1)c1nn(-c2ccc(Cl)cc2Cl)c2c1COc1cc(Cl)ccc1-2. The average Bonchev–Trinajstić information content (AvgIpc) is 3.47. The molecule has 1 saturated carbocycles. The summed E-state index contributed by atoms with van der Waals surface area (Å²) in [6.07, 6.45) is 3.77. The fraction of sp³-hybridized carbons (Fsp3) is 0.333. The smallest absolute Gasteiger partial charge is 0.286 e. The molecule has 2 aromatic carbocycles. The number of fused-ring (bicyclic) bond motifs is 4. The molecule has 9 heteroatoms. The lowest BCUT2D eigenvalue weighted by atomic mass is 10.0. The second-order valence-corrected chi connectivity index (χ2v) is 10.2. The molecule has 1 saturated heterocycles. The highest BCUT2D eigenvalue weighted by Crippen LogP contribution is 2.42. The van der Waals surface area contributed by atoms with Gasteiger partial charge in [-0.2, -0.15) is 5.10 Å². The van der Waals surface area contributed by atoms with E-state index in [1.54, 1.807) is 35.0 Å². The minimum absolute atomic E-state index is 0.210. The summed E-state index contributed by atoms with van der Waals surface area (Å²) in [6, 6.07) is 10.7. The van der Waals surface area contributed by atoms with Gasteiger partial charge in [0.2, 0.25) is 0 Å². The second kappa shape index (κ2) is 8.20. The number of hydrogen-bond donors (Lipinski definition) is 1. The molecule has 2 aliphatic heterocycles. The first-order valence-electron chi connectivity index (χ1n) is 11.0. The van der Waals surface area contributed by atoms with Crippen molar-refractivity contribution in [3.8, 4) is 22.7 Å². The molecule has 0 bridgehead atoms. The highest BCUT2D eigenvalue weighted by atomic mass is 35.5. The Labute approximate surface area is 206 Å². The van der Waals surface area contributed by atoms with E-state index < -0.39 is 0 Å². The predicted molar refractivity (Wildman–Crippen MR) is 128 cm³/mol. The van der Waals surface area contributed by atoms with E-state index in [4.69, 9.17) is 44.6 Å². The van der Waals surface area contributed by atoms with E-state index in [9.17, 15) is 4.79 Å². The van der Waals surface area contributed by atoms with Crippen molar-refractivity contribution in [3.63, 3.8) is 0 Å². The zero-order chi connectivity index (χ0) is 22.7. The minimum Gasteiger partial charge on any atom is -0.488 e. The molecule has 1 amide bonds. The summed E-state index contributed by atoms with van der Waals surface area (Å²) in [6.45, 7) is 1.99. The van der Waals surface area contributed by atoms with Gasteiger partial charge in [-0.15, -0.1) is 0 Å². The van der Waals surface area contributed by atoms with Crippen LogP contribution in [0.4, 0.5) is 0 Å². The van der Waals surface area contributed by atoms with Gasteiger partial charge < -0.3 is 4.74 Å². The van der Waals surface area contributed by atoms with Gasteiger partial charge in [0.25, 0.3) is 5.91 Å². The van der Waals surface area contributed by atoms with Crippen LogP contribution in [0, 0.1) is 11.8 Å². The van der Waals surface area contributed by atoms with Crippen LogP contribution in [0.15, 0.2) is 36.4 Å². The summed E-state index contributed by atoms with van der Waals surface area (Å²) in [5.41, 5.74) is 6.32. The number of nitrogens with zero attached hydrogens (tertiary/aromatic N) is 3. The summed E-state index contributed by atoms with van der Waals surface area (Å²) in [7, 11) is 0. The van der Waals surface area contributed by atoms with Crippen LogP contribution >= 0.6 is 34.8 Å². The Kier molecular flexibility index (Phi) is 5.29. The van der Waals surface area contributed by atoms with Gasteiger partial charge in [-0.25, -0.2) is 9.69 Å². The van der Waals surface area contributed by atoms with Gasteiger partial charge in [-0.3, -0.25) is 10.2 Å². The Balaban J connectivity index is 1.42. The maximum Gasteiger partial charge on any atom is 0.286 e. The van der Waals surface area contributed by atoms with Gasteiger partial charge in [-0.05, 0) is 61.1 Å². The summed E-state index contributed by atoms with van der Waals surface area (Å²) < 4.78 is 7.67. The molecular weight excluding hydrogens is 483 g/mol. The number of nitrogens with one attached hydrogen (secondary N) is 1. The monoisotopic (exact) mass is 502 g/mol. The highest BCUT2D eigenvalue weighted by Gasteiger charge is 2.38. The van der Waals surface area contributed by atoms with Gasteiger partial charge in [0.1, 0.15) is 12.4 Å². The van der Waals surface area contributed by atoms with E-state index in [2.05, 4.69) is 5.43 Å². The van der Waals surface area contributed by atoms with E-state index >= 15 is 0 Å². The third-order valence-electron chi connectivity index (χ3n) is 6.89. The molecule has 2 fully saturated rings. The van der Waals surface area contributed by atoms with E-state index in [1.165, 1.54) is 19.3 Å². The lowest BCUT2D eigenvalue weighted by Crippen LogP contribution is -2.41. The predicted octanol–water partition coefficient (Wildman–Crippen LogP) is 5.77. The number of hydrogen-bond acceptors (Lipinski definition) is 4. The molecular formula is C24H21Cl3N4O2. The van der Waals surface area contributed by atoms with Gasteiger partial charge in [0, 0.05) is 34.3 Å². The molecule has 0 radical (unpaired) electrons. The number of aromatic nitrogens is 2. The number of carbonyl (C=O) groups is 1. The van der Waals surface area contributed by atoms with Crippen molar-refractivity contribution >= 4 is 40.7 Å². The molecule has 0 spiro atoms. The Bertz CT molecular complexity index is 1260. The summed E-state index contributed by atoms with van der Waals surface area (Å²) in [5, 5.41) is 8.30. The second-order valence-electron chi connectivity index (χ2n) is 8.91. The maximum atomic E-state index is 13.4. The maximum absolute atomic E-state index is 13.4. The third kappa shape index (κ3) is 3.69. The zero-order valence-corrected chi connectivity index (χ0v) is 19.9. The molecule has 33 heavy (non-hydrogen) atoms. The van der Waals surface area contributed by atoms with Crippen LogP contribution < -0.4 is 10.2 Å². The van der Waals surface area contributed by atoms with Crippen molar-refractivity contribution in [1.82, 2.24) is 20.2 Å². The number of ether oxygens (including phenoxy) is 1. The largest absolute Gasteiger partial charge is 0.488 e. The van der Waals surface area contributed by atoms with Crippen molar-refractivity contribution in [2.45, 2.75) is 25.9 Å². The third-order valence-corrected chi connectivity index (χ3v) is 7.67. The fourth-order valence-corrected chi connectivity index (χ4v) is 6.01. The molecule has 2 atom stereocenters. The molecule has 1 aromatic heterocycles. The molecule has 6 rings (SSSR count). The molecule has 3 aromatic rings. The topological polar surface area (TPSA) is 59.4 Å². The summed E-state index contributed by atoms with van der Waals surface area (Å²) in [5.74, 6) is 1.74. The Hall–Kier alpha value is -2.25. The van der Waals surface area contributed by atoms with E-state index in [0.29, 0.717) is 49.6 Å². The minimum atomic E-state index is -0.240. The zero-order valence-electron chi connectivity index (χ0n) is 17.7. The number of rotatable bonds is 3. The molecule has 6 nitrogen and oxygen atoms in total. The molecule has 1 aliphatic carbocycles. The summed E-state index contributed by atoms with van der Waals surface area (Å²) >= 11 is 18.8. The number of amides is 1. The first-order valence-corrected chi connectivity index (χ1v) is 12.2. The van der Waals surface area contributed by atoms with Gasteiger partial charge in [-0.1, -0.05) is 41.2 Å². The van der Waals surface area contributed by atoms with Crippen LogP contribution in [0.25, 0.3) is 16.9 Å². The Morgan fingerprint density at radius 2 is 1.76 bits per heavy atom. The van der Waals surface area contributed by atoms with Crippen LogP contribution in [-0.2, 0) is 6.61 Å². The molecule has 2 unspecified atom stereocenters. The van der Waals surface area contributed by atoms with Crippen molar-refractivity contribution < 1.29 is 9.53 Å². The van der Waals surface area contributed by atoms with E-state index in [0.717, 1.165) is 24.3 Å². The van der Waals surface area contributed by atoms with Crippen molar-refractivity contribution in [2.75, 3.05) is 13.1 Å². The molecule has 3 heterocycles. The van der Waals surface area contributed by atoms with Crippen LogP contribution in [0.2, 0.25) is 15.1 Å². The molecule has 3 aliphatic rings. The van der Waals surface area contributed by atoms with Gasteiger partial charge in [0.15, 0.2) is 5.69 Å². The number of benzene rings is 2. The highest BCUT2D eigenvalue weighted by molar-refractivity contribution is 6.35. The molecule has 170 valence electrons. The number of hydrazine groups is 1. The first-order chi connectivity index (χ1) is 16.0. The lowest BCUT2D eigenvalue weighted by molar-refractivity contribution is 0.0806. The van der Waals surface area contributed by atoms with Gasteiger partial charge in [0.05, 0.1) is 16.4 Å². The van der Waals surface area contributed by atoms with E-state index in [-0.39, 0.29) is 12.5 Å². The first kappa shape index (κ1) is 21.3. The quantitative estimate of drug-likeness (QED) is 0.493. The average molecular weight is 504 g/mol. The van der Waals surface area contributed by atoms with Crippen molar-refractivity contribution in [2.24, 2.45) is 11.8 Å². The standard InChI is InChI=1S/C24H21Cl3N4O2/c25-15-5-7-20(19(27)8-15)31-23-17-6-4-16(26)9-21(17)33-12-18(23)22(28-31)24(32)29-30-10-13-2-1-3-14(13)11-30/h4-9,13-14H,1-3,10-12H2,(H,29,32). The Morgan fingerprint density at radius 3 is 2.52 bits per heavy atom. The van der Waals surface area contributed by atoms with Crippen LogP contribution in [-0.4, -0.2) is 33.8 Å². The molecule has 1 N–H and O–H groups in total. The number of halogens is 3. The fourth-order valence-electron chi connectivity index (χ4n) is 5.36. The van der Waals surface area contributed by atoms with Crippen LogP contribution in [0.3, 0.4) is 0 Å². The van der Waals surface area contributed by atoms with Crippen LogP contribution in [0.1, 0.15) is 35.3 Å². The summed E-state index contributed by atoms with van der Waals surface area (Å²) in [4.78, 5) is 13.4. The van der Waals surface area contributed by atoms with Crippen molar-refractivity contribution in [3.05, 3.63) is 62.7 Å². The normalized spacial score (nSPS) is 21.3. The number of carbonyl (C=O) groups excluding carboxylic acids is 1. The lowest BCUT2D eigenvalue weighted by Gasteiger charge is -2.21. The Morgan fingerprint density at radius 1 is 1.03 bits per heavy atom. The van der Waals surface area contributed by atoms with E-state index in [1.807, 2.05) is 11.1 Å².